The van der Waals surface area contributed by atoms with Gasteiger partial charge in [-0.2, -0.15) is 0 Å². The van der Waals surface area contributed by atoms with Crippen LogP contribution in [0.4, 0.5) is 0 Å². The number of carbonyl (C=O) groups is 2. The monoisotopic (exact) mass is 513 g/mol. The Balaban J connectivity index is 1.26. The van der Waals surface area contributed by atoms with Gasteiger partial charge in [-0.1, -0.05) is 60.7 Å². The highest BCUT2D eigenvalue weighted by atomic mass is 16.5. The molecule has 0 aliphatic carbocycles. The zero-order valence-corrected chi connectivity index (χ0v) is 21.8. The summed E-state index contributed by atoms with van der Waals surface area (Å²) in [5, 5.41) is 0. The summed E-state index contributed by atoms with van der Waals surface area (Å²) in [6.07, 6.45) is 1.73. The lowest BCUT2D eigenvalue weighted by Crippen LogP contribution is -2.48. The SMILES string of the molecule is CN1CCCC(N)C(=O)N2CC(OCc3ccc(-c4ccccc4)cc3)C[C@H]2COc2cccc(c2)C1=O. The maximum atomic E-state index is 13.3. The van der Waals surface area contributed by atoms with Gasteiger partial charge in [-0.3, -0.25) is 9.59 Å². The Morgan fingerprint density at radius 1 is 0.947 bits per heavy atom. The Bertz CT molecular complexity index is 1250. The smallest absolute Gasteiger partial charge is 0.253 e. The van der Waals surface area contributed by atoms with Crippen molar-refractivity contribution in [2.75, 3.05) is 26.7 Å². The van der Waals surface area contributed by atoms with Crippen LogP contribution in [0, 0.1) is 0 Å². The molecule has 3 aromatic carbocycles. The lowest BCUT2D eigenvalue weighted by Gasteiger charge is -2.28. The molecule has 5 rings (SSSR count). The van der Waals surface area contributed by atoms with Crippen LogP contribution in [-0.4, -0.2) is 66.5 Å². The van der Waals surface area contributed by atoms with Crippen LogP contribution in [0.15, 0.2) is 78.9 Å². The fourth-order valence-electron chi connectivity index (χ4n) is 5.18. The third-order valence-electron chi connectivity index (χ3n) is 7.40. The van der Waals surface area contributed by atoms with E-state index < -0.39 is 6.04 Å². The Morgan fingerprint density at radius 2 is 1.68 bits per heavy atom. The number of rotatable bonds is 4. The molecule has 0 radical (unpaired) electrons. The van der Waals surface area contributed by atoms with Gasteiger partial charge in [0, 0.05) is 25.7 Å². The van der Waals surface area contributed by atoms with E-state index in [0.29, 0.717) is 56.9 Å². The molecular formula is C31H35N3O4. The summed E-state index contributed by atoms with van der Waals surface area (Å²) in [6, 6.07) is 25.1. The molecule has 198 valence electrons. The van der Waals surface area contributed by atoms with E-state index in [1.165, 1.54) is 11.1 Å². The van der Waals surface area contributed by atoms with Gasteiger partial charge in [-0.05, 0) is 54.2 Å². The minimum Gasteiger partial charge on any atom is -0.491 e. The Kier molecular flexibility index (Phi) is 8.05. The molecule has 2 N–H and O–H groups in total. The topological polar surface area (TPSA) is 85.1 Å². The van der Waals surface area contributed by atoms with Crippen LogP contribution in [0.5, 0.6) is 5.75 Å². The summed E-state index contributed by atoms with van der Waals surface area (Å²) in [7, 11) is 1.77. The molecule has 2 aliphatic rings. The zero-order valence-electron chi connectivity index (χ0n) is 21.8. The quantitative estimate of drug-likeness (QED) is 0.568. The van der Waals surface area contributed by atoms with E-state index in [1.54, 1.807) is 24.1 Å². The molecular weight excluding hydrogens is 478 g/mol. The molecule has 38 heavy (non-hydrogen) atoms. The number of fused-ring (bicyclic) bond motifs is 3. The number of nitrogens with zero attached hydrogens (tertiary/aromatic N) is 2. The maximum absolute atomic E-state index is 13.3. The summed E-state index contributed by atoms with van der Waals surface area (Å²) < 4.78 is 12.4. The molecule has 0 saturated carbocycles. The maximum Gasteiger partial charge on any atom is 0.253 e. The summed E-state index contributed by atoms with van der Waals surface area (Å²) in [6.45, 7) is 1.81. The number of carbonyl (C=O) groups excluding carboxylic acids is 2. The first kappa shape index (κ1) is 25.9. The average Bonchev–Trinajstić information content (AvgIpc) is 3.37. The number of hydrogen-bond donors (Lipinski definition) is 1. The van der Waals surface area contributed by atoms with E-state index in [0.717, 1.165) is 5.56 Å². The van der Waals surface area contributed by atoms with Crippen molar-refractivity contribution in [3.63, 3.8) is 0 Å². The minimum atomic E-state index is -0.619. The molecule has 7 nitrogen and oxygen atoms in total. The third-order valence-corrected chi connectivity index (χ3v) is 7.40. The van der Waals surface area contributed by atoms with Crippen molar-refractivity contribution >= 4 is 11.8 Å². The second-order valence-electron chi connectivity index (χ2n) is 10.2. The number of ether oxygens (including phenoxy) is 2. The fourth-order valence-corrected chi connectivity index (χ4v) is 5.18. The molecule has 7 heteroatoms. The molecule has 1 saturated heterocycles. The normalized spacial score (nSPS) is 22.5. The summed E-state index contributed by atoms with van der Waals surface area (Å²) in [5.74, 6) is 0.456. The molecule has 0 spiro atoms. The number of nitrogens with two attached hydrogens (primary N) is 1. The number of amides is 2. The minimum absolute atomic E-state index is 0.0693. The highest BCUT2D eigenvalue weighted by Gasteiger charge is 2.38. The molecule has 0 aromatic heterocycles. The molecule has 2 amide bonds. The first-order chi connectivity index (χ1) is 18.5. The first-order valence-electron chi connectivity index (χ1n) is 13.3. The Morgan fingerprint density at radius 3 is 2.47 bits per heavy atom. The largest absolute Gasteiger partial charge is 0.491 e. The van der Waals surface area contributed by atoms with Crippen molar-refractivity contribution in [3.8, 4) is 16.9 Å². The van der Waals surface area contributed by atoms with Crippen LogP contribution in [-0.2, 0) is 16.1 Å². The summed E-state index contributed by atoms with van der Waals surface area (Å²) in [4.78, 5) is 29.6. The van der Waals surface area contributed by atoms with E-state index >= 15 is 0 Å². The molecule has 2 bridgehead atoms. The third kappa shape index (κ3) is 6.06. The highest BCUT2D eigenvalue weighted by Crippen LogP contribution is 2.26. The van der Waals surface area contributed by atoms with Crippen LogP contribution in [0.2, 0.25) is 0 Å². The van der Waals surface area contributed by atoms with Crippen LogP contribution in [0.3, 0.4) is 0 Å². The van der Waals surface area contributed by atoms with Gasteiger partial charge in [-0.25, -0.2) is 0 Å². The van der Waals surface area contributed by atoms with Gasteiger partial charge in [-0.15, -0.1) is 0 Å². The Labute approximate surface area is 224 Å². The zero-order chi connectivity index (χ0) is 26.5. The molecule has 1 fully saturated rings. The number of hydrogen-bond acceptors (Lipinski definition) is 5. The fraction of sp³-hybridized carbons (Fsp3) is 0.355. The lowest BCUT2D eigenvalue weighted by atomic mass is 10.0. The van der Waals surface area contributed by atoms with Crippen LogP contribution < -0.4 is 10.5 Å². The molecule has 2 heterocycles. The van der Waals surface area contributed by atoms with Crippen LogP contribution in [0.25, 0.3) is 11.1 Å². The predicted octanol–water partition coefficient (Wildman–Crippen LogP) is 4.11. The van der Waals surface area contributed by atoms with E-state index in [-0.39, 0.29) is 24.0 Å². The van der Waals surface area contributed by atoms with Crippen molar-refractivity contribution in [1.82, 2.24) is 9.80 Å². The van der Waals surface area contributed by atoms with Crippen molar-refractivity contribution in [3.05, 3.63) is 90.0 Å². The standard InChI is InChI=1S/C31H35N3O4/c1-33-16-6-11-29(32)31(36)34-19-28(18-26(34)21-38-27-10-5-9-25(17-27)30(33)35)37-20-22-12-14-24(15-13-22)23-7-3-2-4-8-23/h2-5,7-10,12-15,17,26,28-29H,6,11,16,18-21,32H2,1H3/t26-,28?,29?/m0/s1. The molecule has 2 unspecified atom stereocenters. The number of benzene rings is 3. The molecule has 2 aliphatic heterocycles. The van der Waals surface area contributed by atoms with E-state index in [4.69, 9.17) is 15.2 Å². The van der Waals surface area contributed by atoms with E-state index in [2.05, 4.69) is 36.4 Å². The van der Waals surface area contributed by atoms with Gasteiger partial charge >= 0.3 is 0 Å². The van der Waals surface area contributed by atoms with E-state index in [1.807, 2.05) is 35.2 Å². The highest BCUT2D eigenvalue weighted by molar-refractivity contribution is 5.94. The lowest BCUT2D eigenvalue weighted by molar-refractivity contribution is -0.134. The van der Waals surface area contributed by atoms with Gasteiger partial charge in [0.25, 0.3) is 5.91 Å². The summed E-state index contributed by atoms with van der Waals surface area (Å²) >= 11 is 0. The average molecular weight is 514 g/mol. The van der Waals surface area contributed by atoms with Gasteiger partial charge < -0.3 is 25.0 Å². The second kappa shape index (κ2) is 11.8. The predicted molar refractivity (Wildman–Crippen MR) is 147 cm³/mol. The van der Waals surface area contributed by atoms with E-state index in [9.17, 15) is 9.59 Å². The van der Waals surface area contributed by atoms with Gasteiger partial charge in [0.15, 0.2) is 0 Å². The molecule has 3 aromatic rings. The van der Waals surface area contributed by atoms with Crippen molar-refractivity contribution < 1.29 is 19.1 Å². The van der Waals surface area contributed by atoms with Crippen molar-refractivity contribution in [2.24, 2.45) is 5.73 Å². The van der Waals surface area contributed by atoms with Gasteiger partial charge in [0.1, 0.15) is 12.4 Å². The molecule has 3 atom stereocenters. The van der Waals surface area contributed by atoms with Crippen LogP contribution >= 0.6 is 0 Å². The van der Waals surface area contributed by atoms with Crippen molar-refractivity contribution in [1.29, 1.82) is 0 Å². The van der Waals surface area contributed by atoms with Gasteiger partial charge in [0.2, 0.25) is 5.91 Å². The second-order valence-corrected chi connectivity index (χ2v) is 10.2. The van der Waals surface area contributed by atoms with Gasteiger partial charge in [0.05, 0.1) is 24.8 Å². The van der Waals surface area contributed by atoms with Crippen LogP contribution in [0.1, 0.15) is 35.2 Å². The Hall–Kier alpha value is -3.68. The first-order valence-corrected chi connectivity index (χ1v) is 13.3. The summed E-state index contributed by atoms with van der Waals surface area (Å²) in [5.41, 5.74) is 10.3. The van der Waals surface area contributed by atoms with Crippen molar-refractivity contribution in [2.45, 2.75) is 44.1 Å².